The summed E-state index contributed by atoms with van der Waals surface area (Å²) in [5.74, 6) is -0.230. The van der Waals surface area contributed by atoms with E-state index in [1.807, 2.05) is 54.8 Å². The van der Waals surface area contributed by atoms with Crippen molar-refractivity contribution in [3.05, 3.63) is 65.2 Å². The van der Waals surface area contributed by atoms with E-state index in [9.17, 15) is 10.1 Å². The fourth-order valence-corrected chi connectivity index (χ4v) is 3.11. The van der Waals surface area contributed by atoms with Gasteiger partial charge in [0.05, 0.1) is 0 Å². The number of amides is 1. The zero-order valence-electron chi connectivity index (χ0n) is 12.8. The van der Waals surface area contributed by atoms with Crippen LogP contribution in [0.25, 0.3) is 6.08 Å². The van der Waals surface area contributed by atoms with Crippen LogP contribution in [0.15, 0.2) is 59.0 Å². The van der Waals surface area contributed by atoms with Crippen molar-refractivity contribution in [1.29, 1.82) is 5.26 Å². The van der Waals surface area contributed by atoms with E-state index in [1.165, 1.54) is 0 Å². The van der Waals surface area contributed by atoms with Gasteiger partial charge >= 0.3 is 0 Å². The predicted octanol–water partition coefficient (Wildman–Crippen LogP) is 3.90. The van der Waals surface area contributed by atoms with E-state index in [1.54, 1.807) is 22.7 Å². The Morgan fingerprint density at radius 1 is 1.22 bits per heavy atom. The van der Waals surface area contributed by atoms with Gasteiger partial charge in [0.25, 0.3) is 5.91 Å². The summed E-state index contributed by atoms with van der Waals surface area (Å²) in [6.07, 6.45) is 4.51. The van der Waals surface area contributed by atoms with Gasteiger partial charge in [0.15, 0.2) is 0 Å². The van der Waals surface area contributed by atoms with Gasteiger partial charge in [0, 0.05) is 17.1 Å². The van der Waals surface area contributed by atoms with Gasteiger partial charge in [-0.1, -0.05) is 30.3 Å². The third kappa shape index (κ3) is 3.15. The molecular formula is C19H16N2OS. The summed E-state index contributed by atoms with van der Waals surface area (Å²) in [6.45, 7) is 0.628. The fourth-order valence-electron chi connectivity index (χ4n) is 2.70. The minimum atomic E-state index is -0.230. The van der Waals surface area contributed by atoms with Crippen molar-refractivity contribution < 1.29 is 4.79 Å². The maximum Gasteiger partial charge on any atom is 0.268 e. The Labute approximate surface area is 140 Å². The number of carbonyl (C=O) groups excluding carboxylic acids is 1. The summed E-state index contributed by atoms with van der Waals surface area (Å²) >= 11 is 1.66. The molecule has 2 aromatic rings. The van der Waals surface area contributed by atoms with Crippen LogP contribution in [0.5, 0.6) is 0 Å². The number of hydrogen-bond acceptors (Lipinski definition) is 3. The van der Waals surface area contributed by atoms with Crippen LogP contribution in [-0.4, -0.2) is 18.7 Å². The van der Waals surface area contributed by atoms with Crippen molar-refractivity contribution in [1.82, 2.24) is 0 Å². The summed E-state index contributed by atoms with van der Waals surface area (Å²) in [7, 11) is 0. The first-order valence-corrected chi connectivity index (χ1v) is 8.61. The molecule has 0 radical (unpaired) electrons. The van der Waals surface area contributed by atoms with Crippen molar-refractivity contribution >= 4 is 29.4 Å². The van der Waals surface area contributed by atoms with Crippen LogP contribution in [0, 0.1) is 11.3 Å². The molecule has 4 heteroatoms. The molecule has 2 aromatic carbocycles. The molecule has 0 unspecified atom stereocenters. The van der Waals surface area contributed by atoms with Crippen LogP contribution in [0.2, 0.25) is 0 Å². The van der Waals surface area contributed by atoms with Crippen molar-refractivity contribution in [3.8, 4) is 6.07 Å². The first-order chi connectivity index (χ1) is 11.2. The topological polar surface area (TPSA) is 44.1 Å². The molecule has 0 bridgehead atoms. The van der Waals surface area contributed by atoms with Crippen molar-refractivity contribution in [2.24, 2.45) is 0 Å². The van der Waals surface area contributed by atoms with Crippen molar-refractivity contribution in [2.75, 3.05) is 17.7 Å². The van der Waals surface area contributed by atoms with Gasteiger partial charge in [-0.25, -0.2) is 0 Å². The Kier molecular flexibility index (Phi) is 4.50. The molecule has 114 valence electrons. The molecule has 1 aliphatic heterocycles. The van der Waals surface area contributed by atoms with Crippen LogP contribution in [0.1, 0.15) is 11.1 Å². The molecule has 0 atom stereocenters. The number of hydrogen-bond donors (Lipinski definition) is 0. The molecule has 1 aliphatic rings. The number of fused-ring (bicyclic) bond motifs is 1. The number of carbonyl (C=O) groups is 1. The van der Waals surface area contributed by atoms with Gasteiger partial charge in [0.2, 0.25) is 0 Å². The van der Waals surface area contributed by atoms with Crippen molar-refractivity contribution in [3.63, 3.8) is 0 Å². The quantitative estimate of drug-likeness (QED) is 0.489. The second-order valence-electron chi connectivity index (χ2n) is 5.28. The number of para-hydroxylation sites is 1. The lowest BCUT2D eigenvalue weighted by Crippen LogP contribution is -2.29. The smallest absolute Gasteiger partial charge is 0.268 e. The maximum absolute atomic E-state index is 12.7. The van der Waals surface area contributed by atoms with Crippen LogP contribution >= 0.6 is 11.8 Å². The Balaban J connectivity index is 1.88. The largest absolute Gasteiger partial charge is 0.307 e. The maximum atomic E-state index is 12.7. The van der Waals surface area contributed by atoms with Gasteiger partial charge in [-0.15, -0.1) is 11.8 Å². The number of rotatable bonds is 3. The third-order valence-electron chi connectivity index (χ3n) is 3.91. The average Bonchev–Trinajstić information content (AvgIpc) is 3.03. The number of nitrogens with zero attached hydrogens (tertiary/aromatic N) is 2. The van der Waals surface area contributed by atoms with Crippen LogP contribution < -0.4 is 4.90 Å². The second-order valence-corrected chi connectivity index (χ2v) is 6.16. The van der Waals surface area contributed by atoms with Crippen LogP contribution in [-0.2, 0) is 11.2 Å². The van der Waals surface area contributed by atoms with Gasteiger partial charge in [-0.2, -0.15) is 5.26 Å². The van der Waals surface area contributed by atoms with E-state index >= 15 is 0 Å². The van der Waals surface area contributed by atoms with E-state index in [4.69, 9.17) is 0 Å². The Bertz CT molecular complexity index is 803. The normalized spacial score (nSPS) is 13.6. The van der Waals surface area contributed by atoms with E-state index in [0.717, 1.165) is 28.1 Å². The number of anilines is 1. The zero-order valence-corrected chi connectivity index (χ0v) is 13.6. The van der Waals surface area contributed by atoms with Gasteiger partial charge < -0.3 is 4.90 Å². The van der Waals surface area contributed by atoms with E-state index in [0.29, 0.717) is 6.54 Å². The van der Waals surface area contributed by atoms with Crippen molar-refractivity contribution in [2.45, 2.75) is 11.3 Å². The number of thioether (sulfide) groups is 1. The van der Waals surface area contributed by atoms with E-state index in [-0.39, 0.29) is 11.5 Å². The molecule has 0 N–H and O–H groups in total. The summed E-state index contributed by atoms with van der Waals surface area (Å²) in [5, 5.41) is 9.40. The Morgan fingerprint density at radius 2 is 1.96 bits per heavy atom. The third-order valence-corrected chi connectivity index (χ3v) is 4.65. The minimum absolute atomic E-state index is 0.165. The summed E-state index contributed by atoms with van der Waals surface area (Å²) in [6, 6.07) is 17.7. The lowest BCUT2D eigenvalue weighted by atomic mass is 10.1. The van der Waals surface area contributed by atoms with E-state index in [2.05, 4.69) is 6.07 Å². The average molecular weight is 320 g/mol. The highest BCUT2D eigenvalue weighted by Crippen LogP contribution is 2.29. The first kappa shape index (κ1) is 15.4. The molecule has 3 nitrogen and oxygen atoms in total. The van der Waals surface area contributed by atoms with E-state index < -0.39 is 0 Å². The second kappa shape index (κ2) is 6.72. The molecule has 0 saturated carbocycles. The Hall–Kier alpha value is -2.51. The van der Waals surface area contributed by atoms with Crippen LogP contribution in [0.3, 0.4) is 0 Å². The predicted molar refractivity (Wildman–Crippen MR) is 94.3 cm³/mol. The molecule has 1 heterocycles. The van der Waals surface area contributed by atoms with Gasteiger partial charge in [-0.05, 0) is 48.1 Å². The summed E-state index contributed by atoms with van der Waals surface area (Å²) in [5.41, 5.74) is 3.10. The Morgan fingerprint density at radius 3 is 2.65 bits per heavy atom. The molecule has 23 heavy (non-hydrogen) atoms. The molecule has 0 aliphatic carbocycles. The highest BCUT2D eigenvalue weighted by Gasteiger charge is 2.26. The highest BCUT2D eigenvalue weighted by molar-refractivity contribution is 7.98. The number of benzene rings is 2. The summed E-state index contributed by atoms with van der Waals surface area (Å²) < 4.78 is 0. The first-order valence-electron chi connectivity index (χ1n) is 7.38. The molecule has 3 rings (SSSR count). The molecular weight excluding hydrogens is 304 g/mol. The zero-order chi connectivity index (χ0) is 16.2. The molecule has 0 fully saturated rings. The SMILES string of the molecule is CSc1ccc(/C=C(\C#N)C(=O)N2CCc3ccccc32)cc1. The number of nitriles is 1. The lowest BCUT2D eigenvalue weighted by Gasteiger charge is -2.16. The molecule has 0 aromatic heterocycles. The minimum Gasteiger partial charge on any atom is -0.307 e. The fraction of sp³-hybridized carbons (Fsp3) is 0.158. The van der Waals surface area contributed by atoms with Gasteiger partial charge in [0.1, 0.15) is 11.6 Å². The van der Waals surface area contributed by atoms with Crippen LogP contribution in [0.4, 0.5) is 5.69 Å². The standard InChI is InChI=1S/C19H16N2OS/c1-23-17-8-6-14(7-9-17)12-16(13-20)19(22)21-11-10-15-4-2-3-5-18(15)21/h2-9,12H,10-11H2,1H3/b16-12+. The lowest BCUT2D eigenvalue weighted by molar-refractivity contribution is -0.114. The summed E-state index contributed by atoms with van der Waals surface area (Å²) in [4.78, 5) is 15.5. The highest BCUT2D eigenvalue weighted by atomic mass is 32.2. The molecule has 1 amide bonds. The van der Waals surface area contributed by atoms with Gasteiger partial charge in [-0.3, -0.25) is 4.79 Å². The molecule has 0 spiro atoms. The molecule has 0 saturated heterocycles. The monoisotopic (exact) mass is 320 g/mol.